The molecule has 3 aliphatic rings. The highest BCUT2D eigenvalue weighted by atomic mass is 32.2. The minimum absolute atomic E-state index is 0.0341. The topological polar surface area (TPSA) is 315 Å². The molecule has 0 saturated carbocycles. The smallest absolute Gasteiger partial charge is 0.471 e. The van der Waals surface area contributed by atoms with Crippen molar-refractivity contribution in [1.82, 2.24) is 21.3 Å². The first-order chi connectivity index (χ1) is 55.9. The Morgan fingerprint density at radius 2 is 0.900 bits per heavy atom. The Morgan fingerprint density at radius 1 is 0.508 bits per heavy atom. The summed E-state index contributed by atoms with van der Waals surface area (Å²) in [5.41, 5.74) is 2.30. The number of rotatable bonds is 41. The zero-order valence-corrected chi connectivity index (χ0v) is 66.9. The summed E-state index contributed by atoms with van der Waals surface area (Å²) in [4.78, 5) is 74.7. The van der Waals surface area contributed by atoms with E-state index in [-0.39, 0.29) is 138 Å². The number of carbonyl (C=O) groups is 6. The standard InChI is InChI=1S/C77H81F17N6O17P2S/c1-72(2)53-41-47(45-18-24-49(25-19-45)118(108,113-36-12-7-30-95-68(104)74(83,84)85)114-37-13-8-31-96-69(105)75(86,87)88)22-28-55(53)99(34-11-5-6-17-59(101)117-67-63(81)61(79)60(78)62(80)64(67)82)57(72)43-51-65(102)52(66(51)103)44-58-73(3,4)54-42-48(23-29-56(54)100(58)35-16-40-120(110,111)112)46-20-26-50(27-21-46)119(109,115-38-14-9-32-97-70(106)76(89,90)91)116-39-15-10-33-98-71(107)77(92,93)94/h18-29,41-44H,5-17,30-40H2,1-4H3,(H5-,95,96,97,98,102,103,104,105,106,107,110,111,112). The van der Waals surface area contributed by atoms with E-state index in [1.807, 2.05) is 0 Å². The van der Waals surface area contributed by atoms with Crippen LogP contribution in [0.2, 0.25) is 0 Å². The zero-order valence-electron chi connectivity index (χ0n) is 64.3. The molecule has 2 aliphatic heterocycles. The van der Waals surface area contributed by atoms with E-state index < -0.39 is 175 Å². The average Bonchev–Trinajstić information content (AvgIpc) is 1.55. The molecule has 0 bridgehead atoms. The Labute approximate surface area is 675 Å². The quantitative estimate of drug-likeness (QED) is 0.00232. The van der Waals surface area contributed by atoms with Gasteiger partial charge in [0.25, 0.3) is 0 Å². The number of ketones is 1. The number of fused-ring (bicyclic) bond motifs is 2. The lowest BCUT2D eigenvalue weighted by Crippen LogP contribution is -2.37. The monoisotopic (exact) mass is 1780 g/mol. The summed E-state index contributed by atoms with van der Waals surface area (Å²) >= 11 is 0. The van der Waals surface area contributed by atoms with Crippen molar-refractivity contribution in [1.29, 1.82) is 0 Å². The molecule has 0 unspecified atom stereocenters. The lowest BCUT2D eigenvalue weighted by molar-refractivity contribution is -0.437. The zero-order chi connectivity index (χ0) is 88.9. The van der Waals surface area contributed by atoms with E-state index in [4.69, 9.17) is 18.1 Å². The third-order valence-electron chi connectivity index (χ3n) is 19.3. The molecule has 656 valence electrons. The van der Waals surface area contributed by atoms with Crippen molar-refractivity contribution in [2.24, 2.45) is 0 Å². The number of aliphatic hydroxyl groups is 1. The second-order valence-electron chi connectivity index (χ2n) is 28.6. The van der Waals surface area contributed by atoms with Gasteiger partial charge in [0.2, 0.25) is 46.3 Å². The molecule has 23 nitrogen and oxygen atoms in total. The molecular formula is C77H81F17N6O17P2S. The van der Waals surface area contributed by atoms with Gasteiger partial charge in [0, 0.05) is 85.8 Å². The normalized spacial score (nSPS) is 15.6. The Bertz CT molecular complexity index is 4900. The maximum atomic E-state index is 14.8. The van der Waals surface area contributed by atoms with Crippen LogP contribution in [0.25, 0.3) is 22.3 Å². The fraction of sp³-hybridized carbons (Fsp3) is 0.442. The molecule has 120 heavy (non-hydrogen) atoms. The van der Waals surface area contributed by atoms with E-state index in [0.717, 1.165) is 0 Å². The van der Waals surface area contributed by atoms with Gasteiger partial charge in [-0.2, -0.15) is 66.0 Å². The number of benzene rings is 5. The number of alkyl halides is 12. The van der Waals surface area contributed by atoms with E-state index in [2.05, 4.69) is 4.74 Å². The Balaban J connectivity index is 1.08. The molecule has 5 aromatic rings. The number of unbranched alkanes of at least 4 members (excludes halogenated alkanes) is 6. The lowest BCUT2D eigenvalue weighted by atomic mass is 9.77. The molecule has 0 atom stereocenters. The summed E-state index contributed by atoms with van der Waals surface area (Å²) in [5, 5.41) is 18.9. The van der Waals surface area contributed by atoms with Crippen molar-refractivity contribution in [3.8, 4) is 28.0 Å². The van der Waals surface area contributed by atoms with Crippen LogP contribution in [0.3, 0.4) is 0 Å². The summed E-state index contributed by atoms with van der Waals surface area (Å²) in [5.74, 6) is -25.8. The molecule has 1 aliphatic carbocycles. The summed E-state index contributed by atoms with van der Waals surface area (Å²) in [6, 6.07) is 22.0. The number of ether oxygens (including phenoxy) is 1. The SMILES string of the molecule is CC1(C)C(/C=C2/C(=O)C(/C=C3/N(CCCCCC(=O)Oc4c(F)c(F)c(F)c(F)c4F)c4ccc(-c5ccc(P(=O)(OCCCCNC(=O)C(F)(F)F)OCCCCNC(=O)C(F)(F)F)cc5)cc4C3(C)C)=C2O)=[N+](CCCS(=O)(=O)[O-])c2ccc(-c3ccc(P(=O)(OCCCCNC(=O)C(F)(F)F)OCCCCNC(=O)C(F)(F)F)cc3)cc21. The Kier molecular flexibility index (Phi) is 31.8. The van der Waals surface area contributed by atoms with Crippen molar-refractivity contribution < 1.29 is 158 Å². The third-order valence-corrected chi connectivity index (χ3v) is 24.0. The third kappa shape index (κ3) is 24.3. The second kappa shape index (κ2) is 39.7. The molecule has 0 radical (unpaired) electrons. The number of aliphatic hydroxyl groups excluding tert-OH is 1. The van der Waals surface area contributed by atoms with Gasteiger partial charge in [-0.15, -0.1) is 0 Å². The van der Waals surface area contributed by atoms with E-state index in [0.29, 0.717) is 56.2 Å². The maximum Gasteiger partial charge on any atom is 0.471 e. The van der Waals surface area contributed by atoms with Crippen LogP contribution in [0.1, 0.15) is 122 Å². The van der Waals surface area contributed by atoms with Gasteiger partial charge in [-0.25, -0.2) is 21.6 Å². The van der Waals surface area contributed by atoms with Gasteiger partial charge in [0.05, 0.1) is 63.7 Å². The number of hydrogen-bond acceptors (Lipinski definition) is 18. The fourth-order valence-electron chi connectivity index (χ4n) is 13.0. The van der Waals surface area contributed by atoms with Crippen LogP contribution >= 0.6 is 15.2 Å². The molecule has 5 aromatic carbocycles. The van der Waals surface area contributed by atoms with E-state index in [9.17, 15) is 131 Å². The molecule has 0 spiro atoms. The van der Waals surface area contributed by atoms with Crippen LogP contribution in [-0.4, -0.2) is 160 Å². The van der Waals surface area contributed by atoms with E-state index >= 15 is 0 Å². The first-order valence-corrected chi connectivity index (χ1v) is 41.8. The predicted octanol–water partition coefficient (Wildman–Crippen LogP) is 14.7. The molecule has 0 fully saturated rings. The van der Waals surface area contributed by atoms with Crippen molar-refractivity contribution in [3.63, 3.8) is 0 Å². The van der Waals surface area contributed by atoms with E-state index in [1.54, 1.807) is 94.8 Å². The molecule has 4 amide bonds. The highest BCUT2D eigenvalue weighted by Gasteiger charge is 2.49. The van der Waals surface area contributed by atoms with E-state index in [1.165, 1.54) is 60.7 Å². The van der Waals surface area contributed by atoms with Gasteiger partial charge in [-0.3, -0.25) is 37.9 Å². The fourth-order valence-corrected chi connectivity index (χ4v) is 16.7. The summed E-state index contributed by atoms with van der Waals surface area (Å²) in [6.45, 7) is 3.81. The second-order valence-corrected chi connectivity index (χ2v) is 34.2. The number of halogens is 17. The lowest BCUT2D eigenvalue weighted by Gasteiger charge is -2.29. The number of esters is 1. The molecule has 43 heteroatoms. The van der Waals surface area contributed by atoms with Gasteiger partial charge >= 0.3 is 69.5 Å². The maximum absolute atomic E-state index is 14.8. The number of nitrogens with one attached hydrogen (secondary N) is 4. The van der Waals surface area contributed by atoms with Crippen LogP contribution in [0.4, 0.5) is 86.0 Å². The summed E-state index contributed by atoms with van der Waals surface area (Å²) in [6.07, 6.45) is -18.7. The summed E-state index contributed by atoms with van der Waals surface area (Å²) in [7, 11) is -13.5. The number of anilines is 1. The highest BCUT2D eigenvalue weighted by Crippen LogP contribution is 2.53. The van der Waals surface area contributed by atoms with Crippen LogP contribution in [-0.2, 0) is 76.9 Å². The number of carbonyl (C=O) groups excluding carboxylic acids is 6. The molecule has 8 rings (SSSR count). The molecule has 0 saturated heterocycles. The average molecular weight is 1780 g/mol. The Hall–Kier alpha value is -9.37. The first kappa shape index (κ1) is 96.1. The number of nitrogens with zero attached hydrogens (tertiary/aromatic N) is 2. The van der Waals surface area contributed by atoms with Gasteiger partial charge in [-0.1, -0.05) is 50.6 Å². The number of Topliss-reactive ketones (excluding diaryl/α,β-unsaturated/α-hetero) is 1. The Morgan fingerprint density at radius 3 is 1.30 bits per heavy atom. The van der Waals surface area contributed by atoms with Crippen molar-refractivity contribution in [2.45, 2.75) is 147 Å². The highest BCUT2D eigenvalue weighted by molar-refractivity contribution is 7.85. The van der Waals surface area contributed by atoms with Crippen molar-refractivity contribution in [3.05, 3.63) is 160 Å². The number of amides is 4. The summed E-state index contributed by atoms with van der Waals surface area (Å²) < 4.78 is 318. The van der Waals surface area contributed by atoms with Gasteiger partial charge in [0.15, 0.2) is 5.71 Å². The molecule has 2 heterocycles. The van der Waals surface area contributed by atoms with Crippen molar-refractivity contribution >= 4 is 88.4 Å². The van der Waals surface area contributed by atoms with Gasteiger partial charge in [0.1, 0.15) is 12.3 Å². The minimum atomic E-state index is -5.15. The van der Waals surface area contributed by atoms with Crippen molar-refractivity contribution in [2.75, 3.05) is 76.3 Å². The van der Waals surface area contributed by atoms with Crippen LogP contribution in [0.15, 0.2) is 120 Å². The number of hydrogen-bond donors (Lipinski definition) is 5. The molecule has 5 N–H and O–H groups in total. The minimum Gasteiger partial charge on any atom is -0.748 e. The molecular weight excluding hydrogens is 1700 g/mol. The van der Waals surface area contributed by atoms with Gasteiger partial charge in [-0.05, 0) is 160 Å². The van der Waals surface area contributed by atoms with Gasteiger partial charge < -0.3 is 58.7 Å². The molecule has 0 aromatic heterocycles. The van der Waals surface area contributed by atoms with Crippen LogP contribution < -0.4 is 41.5 Å². The van der Waals surface area contributed by atoms with Crippen LogP contribution in [0, 0.1) is 29.1 Å². The predicted molar refractivity (Wildman–Crippen MR) is 399 cm³/mol. The van der Waals surface area contributed by atoms with Crippen LogP contribution in [0.5, 0.6) is 5.75 Å². The largest absolute Gasteiger partial charge is 0.748 e. The first-order valence-electron chi connectivity index (χ1n) is 37.1. The number of allylic oxidation sites excluding steroid dienone is 5.